The zero-order chi connectivity index (χ0) is 28.7. The van der Waals surface area contributed by atoms with E-state index in [1.807, 2.05) is 37.3 Å². The van der Waals surface area contributed by atoms with Gasteiger partial charge in [-0.15, -0.1) is 0 Å². The van der Waals surface area contributed by atoms with E-state index in [1.165, 1.54) is 0 Å². The molecule has 1 saturated heterocycles. The van der Waals surface area contributed by atoms with E-state index in [1.54, 1.807) is 30.3 Å². The summed E-state index contributed by atoms with van der Waals surface area (Å²) in [6, 6.07) is 18.0. The fourth-order valence-electron chi connectivity index (χ4n) is 5.59. The highest BCUT2D eigenvalue weighted by Crippen LogP contribution is 2.46. The molecule has 2 N–H and O–H groups in total. The quantitative estimate of drug-likeness (QED) is 0.217. The number of nitrogens with zero attached hydrogens (tertiary/aromatic N) is 2. The van der Waals surface area contributed by atoms with Crippen LogP contribution in [-0.2, 0) is 12.2 Å². The fraction of sp³-hybridized carbons (Fsp3) is 0.312. The molecule has 41 heavy (non-hydrogen) atoms. The summed E-state index contributed by atoms with van der Waals surface area (Å²) in [6.07, 6.45) is 3.10. The Kier molecular flexibility index (Phi) is 7.45. The van der Waals surface area contributed by atoms with Crippen molar-refractivity contribution in [3.8, 4) is 17.0 Å². The number of piperidine rings is 1. The molecule has 0 amide bonds. The number of carboxylic acids is 1. The third-order valence-corrected chi connectivity index (χ3v) is 8.75. The lowest BCUT2D eigenvalue weighted by molar-refractivity contribution is 0.0118. The Balaban J connectivity index is 1.16. The van der Waals surface area contributed by atoms with Gasteiger partial charge in [-0.25, -0.2) is 4.79 Å². The third kappa shape index (κ3) is 5.54. The Morgan fingerprint density at radius 2 is 1.80 bits per heavy atom. The van der Waals surface area contributed by atoms with Crippen molar-refractivity contribution in [3.63, 3.8) is 0 Å². The van der Waals surface area contributed by atoms with Gasteiger partial charge in [0.25, 0.3) is 0 Å². The SMILES string of the molecule is Cc1cccc(Cl)c1-c1noc(C2CC2)c1COc1ccc(C2(O)CCN(c3ccc(C(=O)O)cc3)CC2)c(Cl)c1. The van der Waals surface area contributed by atoms with Gasteiger partial charge in [0, 0.05) is 35.8 Å². The molecule has 4 aromatic rings. The summed E-state index contributed by atoms with van der Waals surface area (Å²) in [6.45, 7) is 3.48. The molecule has 9 heteroatoms. The number of hydrogen-bond donors (Lipinski definition) is 2. The lowest BCUT2D eigenvalue weighted by atomic mass is 9.84. The van der Waals surface area contributed by atoms with Crippen molar-refractivity contribution >= 4 is 34.9 Å². The Hall–Kier alpha value is -3.52. The van der Waals surface area contributed by atoms with Gasteiger partial charge in [-0.1, -0.05) is 46.6 Å². The van der Waals surface area contributed by atoms with Crippen LogP contribution < -0.4 is 9.64 Å². The van der Waals surface area contributed by atoms with Crippen LogP contribution in [0.1, 0.15) is 64.4 Å². The second kappa shape index (κ2) is 11.0. The lowest BCUT2D eigenvalue weighted by Crippen LogP contribution is -2.42. The number of carboxylic acid groups (broad SMARTS) is 1. The van der Waals surface area contributed by atoms with Crippen molar-refractivity contribution in [1.29, 1.82) is 0 Å². The van der Waals surface area contributed by atoms with Gasteiger partial charge >= 0.3 is 5.97 Å². The highest BCUT2D eigenvalue weighted by Gasteiger charge is 2.36. The first-order valence-corrected chi connectivity index (χ1v) is 14.5. The molecule has 1 saturated carbocycles. The number of halogens is 2. The van der Waals surface area contributed by atoms with E-state index in [0.29, 0.717) is 58.9 Å². The van der Waals surface area contributed by atoms with Gasteiger partial charge in [0.15, 0.2) is 0 Å². The summed E-state index contributed by atoms with van der Waals surface area (Å²) >= 11 is 13.3. The highest BCUT2D eigenvalue weighted by molar-refractivity contribution is 6.33. The van der Waals surface area contributed by atoms with Crippen molar-refractivity contribution in [1.82, 2.24) is 5.16 Å². The molecule has 2 fully saturated rings. The highest BCUT2D eigenvalue weighted by atomic mass is 35.5. The molecule has 1 aliphatic carbocycles. The molecule has 3 aromatic carbocycles. The number of ether oxygens (including phenoxy) is 1. The largest absolute Gasteiger partial charge is 0.489 e. The number of aromatic carboxylic acids is 1. The predicted molar refractivity (Wildman–Crippen MR) is 158 cm³/mol. The summed E-state index contributed by atoms with van der Waals surface area (Å²) in [5, 5.41) is 26.1. The van der Waals surface area contributed by atoms with Crippen LogP contribution in [0.15, 0.2) is 65.2 Å². The molecule has 2 heterocycles. The first-order chi connectivity index (χ1) is 19.7. The number of hydrogen-bond acceptors (Lipinski definition) is 6. The number of benzene rings is 3. The predicted octanol–water partition coefficient (Wildman–Crippen LogP) is 7.60. The summed E-state index contributed by atoms with van der Waals surface area (Å²) in [5.74, 6) is 0.829. The number of aryl methyl sites for hydroxylation is 1. The van der Waals surface area contributed by atoms with Crippen LogP contribution in [0.5, 0.6) is 5.75 Å². The van der Waals surface area contributed by atoms with Gasteiger partial charge in [0.1, 0.15) is 23.8 Å². The molecule has 0 spiro atoms. The molecule has 0 bridgehead atoms. The molecule has 2 aliphatic rings. The summed E-state index contributed by atoms with van der Waals surface area (Å²) in [4.78, 5) is 13.3. The molecule has 6 rings (SSSR count). The minimum absolute atomic E-state index is 0.249. The van der Waals surface area contributed by atoms with Crippen molar-refractivity contribution in [2.75, 3.05) is 18.0 Å². The average molecular weight is 594 g/mol. The van der Waals surface area contributed by atoms with Crippen LogP contribution in [-0.4, -0.2) is 34.4 Å². The monoisotopic (exact) mass is 592 g/mol. The van der Waals surface area contributed by atoms with Gasteiger partial charge in [-0.05, 0) is 80.6 Å². The van der Waals surface area contributed by atoms with Crippen molar-refractivity contribution in [2.24, 2.45) is 0 Å². The van der Waals surface area contributed by atoms with Crippen molar-refractivity contribution in [2.45, 2.75) is 50.7 Å². The molecule has 0 radical (unpaired) electrons. The molecule has 0 atom stereocenters. The van der Waals surface area contributed by atoms with Crippen molar-refractivity contribution in [3.05, 3.63) is 98.7 Å². The minimum Gasteiger partial charge on any atom is -0.489 e. The van der Waals surface area contributed by atoms with E-state index in [0.717, 1.165) is 41.0 Å². The summed E-state index contributed by atoms with van der Waals surface area (Å²) < 4.78 is 12.0. The van der Waals surface area contributed by atoms with Crippen LogP contribution >= 0.6 is 23.2 Å². The van der Waals surface area contributed by atoms with Crippen molar-refractivity contribution < 1.29 is 24.3 Å². The lowest BCUT2D eigenvalue weighted by Gasteiger charge is -2.40. The topological polar surface area (TPSA) is 96.0 Å². The second-order valence-electron chi connectivity index (χ2n) is 10.9. The molecular formula is C32H30Cl2N2O5. The smallest absolute Gasteiger partial charge is 0.335 e. The van der Waals surface area contributed by atoms with Crippen LogP contribution in [0.2, 0.25) is 10.0 Å². The maximum atomic E-state index is 11.5. The zero-order valence-electron chi connectivity index (χ0n) is 22.6. The van der Waals surface area contributed by atoms with Crippen LogP contribution in [0.3, 0.4) is 0 Å². The van der Waals surface area contributed by atoms with Gasteiger partial charge in [0.05, 0.1) is 26.8 Å². The molecule has 1 aromatic heterocycles. The average Bonchev–Trinajstić information content (AvgIpc) is 3.72. The Labute approximate surface area is 248 Å². The van der Waals surface area contributed by atoms with E-state index in [4.69, 9.17) is 37.6 Å². The maximum absolute atomic E-state index is 11.5. The van der Waals surface area contributed by atoms with Crippen LogP contribution in [0, 0.1) is 6.92 Å². The number of anilines is 1. The first kappa shape index (κ1) is 27.6. The maximum Gasteiger partial charge on any atom is 0.335 e. The van der Waals surface area contributed by atoms with E-state index < -0.39 is 11.6 Å². The summed E-state index contributed by atoms with van der Waals surface area (Å²) in [5.41, 5.74) is 4.24. The van der Waals surface area contributed by atoms with E-state index in [-0.39, 0.29) is 12.2 Å². The van der Waals surface area contributed by atoms with Gasteiger partial charge in [-0.2, -0.15) is 0 Å². The van der Waals surface area contributed by atoms with E-state index in [9.17, 15) is 9.90 Å². The van der Waals surface area contributed by atoms with E-state index in [2.05, 4.69) is 10.1 Å². The number of aromatic nitrogens is 1. The second-order valence-corrected chi connectivity index (χ2v) is 11.7. The number of rotatable bonds is 8. The van der Waals surface area contributed by atoms with Gasteiger partial charge in [0.2, 0.25) is 0 Å². The molecule has 7 nitrogen and oxygen atoms in total. The Bertz CT molecular complexity index is 1570. The van der Waals surface area contributed by atoms with Crippen LogP contribution in [0.4, 0.5) is 5.69 Å². The fourth-order valence-corrected chi connectivity index (χ4v) is 6.25. The third-order valence-electron chi connectivity index (χ3n) is 8.12. The Morgan fingerprint density at radius 3 is 2.44 bits per heavy atom. The Morgan fingerprint density at radius 1 is 1.07 bits per heavy atom. The molecule has 212 valence electrons. The van der Waals surface area contributed by atoms with Crippen LogP contribution in [0.25, 0.3) is 11.3 Å². The summed E-state index contributed by atoms with van der Waals surface area (Å²) in [7, 11) is 0. The normalized spacial score (nSPS) is 16.5. The molecule has 0 unspecified atom stereocenters. The van der Waals surface area contributed by atoms with Gasteiger partial charge in [-0.3, -0.25) is 0 Å². The standard InChI is InChI=1S/C32H30Cl2N2O5/c1-19-3-2-4-26(33)28(19)29-24(30(41-35-29)20-5-6-20)18-40-23-11-12-25(27(34)17-23)32(39)13-15-36(16-14-32)22-9-7-21(8-10-22)31(37)38/h2-4,7-12,17,20,39H,5-6,13-16,18H2,1H3,(H,37,38). The zero-order valence-corrected chi connectivity index (χ0v) is 24.1. The number of carbonyl (C=O) groups is 1. The van der Waals surface area contributed by atoms with Gasteiger partial charge < -0.3 is 24.4 Å². The molecule has 1 aliphatic heterocycles. The van der Waals surface area contributed by atoms with E-state index >= 15 is 0 Å². The molecular weight excluding hydrogens is 563 g/mol. The minimum atomic E-state index is -1.07. The number of aliphatic hydroxyl groups is 1. The first-order valence-electron chi connectivity index (χ1n) is 13.7.